The lowest BCUT2D eigenvalue weighted by molar-refractivity contribution is -0.117. The summed E-state index contributed by atoms with van der Waals surface area (Å²) in [5, 5.41) is 13.0. The summed E-state index contributed by atoms with van der Waals surface area (Å²) in [6, 6.07) is 19.9. The molecule has 1 fully saturated rings. The molecular weight excluding hydrogens is 526 g/mol. The second-order valence-electron chi connectivity index (χ2n) is 7.14. The molecule has 0 bridgehead atoms. The molecule has 0 saturated carbocycles. The minimum absolute atomic E-state index is 0.124. The average Bonchev–Trinajstić information content (AvgIpc) is 3.44. The average molecular weight is 543 g/mol. The van der Waals surface area contributed by atoms with Crippen LogP contribution in [-0.2, 0) is 22.6 Å². The van der Waals surface area contributed by atoms with E-state index < -0.39 is 11.2 Å². The van der Waals surface area contributed by atoms with E-state index in [1.165, 1.54) is 22.9 Å². The molecule has 1 aliphatic rings. The van der Waals surface area contributed by atoms with Gasteiger partial charge in [-0.05, 0) is 60.5 Å². The summed E-state index contributed by atoms with van der Waals surface area (Å²) >= 11 is 10.6. The number of nitriles is 1. The second kappa shape index (κ2) is 10.3. The number of amides is 2. The fourth-order valence-electron chi connectivity index (χ4n) is 3.32. The molecule has 6 nitrogen and oxygen atoms in total. The maximum Gasteiger partial charge on any atom is 0.265 e. The van der Waals surface area contributed by atoms with Crippen LogP contribution in [0.15, 0.2) is 86.4 Å². The van der Waals surface area contributed by atoms with Gasteiger partial charge in [0.25, 0.3) is 5.91 Å². The highest BCUT2D eigenvalue weighted by Gasteiger charge is 2.40. The monoisotopic (exact) mass is 541 g/mol. The zero-order valence-electron chi connectivity index (χ0n) is 17.1. The largest absolute Gasteiger partial charge is 0.467 e. The summed E-state index contributed by atoms with van der Waals surface area (Å²) in [5.41, 5.74) is 1.39. The van der Waals surface area contributed by atoms with Crippen LogP contribution in [0.3, 0.4) is 0 Å². The van der Waals surface area contributed by atoms with E-state index in [2.05, 4.69) is 21.2 Å². The van der Waals surface area contributed by atoms with Crippen LogP contribution in [0.4, 0.5) is 5.69 Å². The quantitative estimate of drug-likeness (QED) is 0.331. The van der Waals surface area contributed by atoms with Crippen LogP contribution < -0.4 is 10.2 Å². The SMILES string of the molecule is N#C/C(C(=O)NCc1ccco1)=C1/S[C@@H](Cc2ccc(Cl)cc2)C(=O)N1c1ccc(Br)cc1. The first-order chi connectivity index (χ1) is 16.0. The zero-order valence-corrected chi connectivity index (χ0v) is 20.3. The van der Waals surface area contributed by atoms with Gasteiger partial charge < -0.3 is 9.73 Å². The smallest absolute Gasteiger partial charge is 0.265 e. The number of rotatable bonds is 6. The fraction of sp³-hybridized carbons (Fsp3) is 0.125. The molecule has 1 aromatic heterocycles. The number of hydrogen-bond acceptors (Lipinski definition) is 5. The Labute approximate surface area is 208 Å². The number of thioether (sulfide) groups is 1. The van der Waals surface area contributed by atoms with Crippen molar-refractivity contribution in [3.05, 3.63) is 98.3 Å². The Kier molecular flexibility index (Phi) is 7.23. The number of halogens is 2. The van der Waals surface area contributed by atoms with Crippen molar-refractivity contribution in [2.75, 3.05) is 4.90 Å². The summed E-state index contributed by atoms with van der Waals surface area (Å²) in [6.07, 6.45) is 1.94. The van der Waals surface area contributed by atoms with Crippen LogP contribution in [0, 0.1) is 11.3 Å². The van der Waals surface area contributed by atoms with E-state index >= 15 is 0 Å². The maximum atomic E-state index is 13.4. The third-order valence-electron chi connectivity index (χ3n) is 4.93. The van der Waals surface area contributed by atoms with Gasteiger partial charge in [0, 0.05) is 15.2 Å². The molecule has 0 unspecified atom stereocenters. The van der Waals surface area contributed by atoms with Crippen molar-refractivity contribution < 1.29 is 14.0 Å². The minimum Gasteiger partial charge on any atom is -0.467 e. The number of nitrogens with zero attached hydrogens (tertiary/aromatic N) is 2. The van der Waals surface area contributed by atoms with E-state index in [0.717, 1.165) is 10.0 Å². The number of carbonyl (C=O) groups excluding carboxylic acids is 2. The zero-order chi connectivity index (χ0) is 23.4. The summed E-state index contributed by atoms with van der Waals surface area (Å²) in [5.74, 6) is -0.205. The summed E-state index contributed by atoms with van der Waals surface area (Å²) in [6.45, 7) is 0.134. The molecule has 0 aliphatic carbocycles. The summed E-state index contributed by atoms with van der Waals surface area (Å²) in [7, 11) is 0. The topological polar surface area (TPSA) is 86.3 Å². The highest BCUT2D eigenvalue weighted by molar-refractivity contribution is 9.10. The molecular formula is C24H17BrClN3O3S. The Morgan fingerprint density at radius 2 is 1.91 bits per heavy atom. The molecule has 0 spiro atoms. The van der Waals surface area contributed by atoms with Crippen LogP contribution >= 0.6 is 39.3 Å². The van der Waals surface area contributed by atoms with Crippen LogP contribution in [0.1, 0.15) is 11.3 Å². The van der Waals surface area contributed by atoms with E-state index in [4.69, 9.17) is 16.0 Å². The van der Waals surface area contributed by atoms with Crippen molar-refractivity contribution in [2.24, 2.45) is 0 Å². The van der Waals surface area contributed by atoms with Crippen molar-refractivity contribution >= 4 is 56.8 Å². The number of nitrogens with one attached hydrogen (secondary N) is 1. The number of benzene rings is 2. The van der Waals surface area contributed by atoms with Gasteiger partial charge in [-0.1, -0.05) is 51.4 Å². The Balaban J connectivity index is 1.67. The van der Waals surface area contributed by atoms with Gasteiger partial charge >= 0.3 is 0 Å². The molecule has 2 heterocycles. The van der Waals surface area contributed by atoms with Crippen LogP contribution in [0.25, 0.3) is 0 Å². The summed E-state index contributed by atoms with van der Waals surface area (Å²) < 4.78 is 6.09. The van der Waals surface area contributed by atoms with Crippen molar-refractivity contribution in [3.63, 3.8) is 0 Å². The van der Waals surface area contributed by atoms with Crippen molar-refractivity contribution in [2.45, 2.75) is 18.2 Å². The molecule has 33 heavy (non-hydrogen) atoms. The maximum absolute atomic E-state index is 13.4. The highest BCUT2D eigenvalue weighted by atomic mass is 79.9. The van der Waals surface area contributed by atoms with Crippen LogP contribution in [-0.4, -0.2) is 17.1 Å². The Bertz CT molecular complexity index is 1240. The molecule has 1 N–H and O–H groups in total. The van der Waals surface area contributed by atoms with Gasteiger partial charge in [-0.25, -0.2) is 0 Å². The van der Waals surface area contributed by atoms with Crippen LogP contribution in [0.5, 0.6) is 0 Å². The van der Waals surface area contributed by atoms with Gasteiger partial charge in [0.2, 0.25) is 5.91 Å². The number of hydrogen-bond donors (Lipinski definition) is 1. The molecule has 9 heteroatoms. The highest BCUT2D eigenvalue weighted by Crippen LogP contribution is 2.42. The Hall–Kier alpha value is -2.99. The molecule has 1 saturated heterocycles. The number of furan rings is 1. The van der Waals surface area contributed by atoms with E-state index in [0.29, 0.717) is 27.9 Å². The van der Waals surface area contributed by atoms with E-state index in [-0.39, 0.29) is 18.0 Å². The lowest BCUT2D eigenvalue weighted by Gasteiger charge is -2.18. The lowest BCUT2D eigenvalue weighted by Crippen LogP contribution is -2.32. The third-order valence-corrected chi connectivity index (χ3v) is 6.97. The van der Waals surface area contributed by atoms with Gasteiger partial charge in [0.15, 0.2) is 0 Å². The first kappa shape index (κ1) is 23.2. The van der Waals surface area contributed by atoms with Crippen molar-refractivity contribution in [1.29, 1.82) is 5.26 Å². The molecule has 0 radical (unpaired) electrons. The van der Waals surface area contributed by atoms with Crippen molar-refractivity contribution in [1.82, 2.24) is 5.32 Å². The molecule has 1 aliphatic heterocycles. The van der Waals surface area contributed by atoms with E-state index in [1.807, 2.05) is 18.2 Å². The number of anilines is 1. The number of carbonyl (C=O) groups is 2. The predicted molar refractivity (Wildman–Crippen MR) is 131 cm³/mol. The molecule has 166 valence electrons. The first-order valence-corrected chi connectivity index (χ1v) is 12.0. The second-order valence-corrected chi connectivity index (χ2v) is 9.68. The molecule has 3 aromatic rings. The van der Waals surface area contributed by atoms with Gasteiger partial charge in [0.1, 0.15) is 22.4 Å². The minimum atomic E-state index is -0.571. The first-order valence-electron chi connectivity index (χ1n) is 9.92. The Morgan fingerprint density at radius 3 is 2.55 bits per heavy atom. The third kappa shape index (κ3) is 5.33. The van der Waals surface area contributed by atoms with Crippen molar-refractivity contribution in [3.8, 4) is 6.07 Å². The molecule has 1 atom stereocenters. The van der Waals surface area contributed by atoms with Gasteiger partial charge in [0.05, 0.1) is 18.1 Å². The molecule has 4 rings (SSSR count). The Morgan fingerprint density at radius 1 is 1.18 bits per heavy atom. The van der Waals surface area contributed by atoms with Gasteiger partial charge in [-0.3, -0.25) is 14.5 Å². The van der Waals surface area contributed by atoms with E-state index in [1.54, 1.807) is 48.5 Å². The predicted octanol–water partition coefficient (Wildman–Crippen LogP) is 5.44. The van der Waals surface area contributed by atoms with E-state index in [9.17, 15) is 14.9 Å². The van der Waals surface area contributed by atoms with Gasteiger partial charge in [-0.2, -0.15) is 5.26 Å². The fourth-order valence-corrected chi connectivity index (χ4v) is 5.01. The lowest BCUT2D eigenvalue weighted by atomic mass is 10.1. The molecule has 2 aromatic carbocycles. The normalized spacial score (nSPS) is 17.1. The standard InChI is InChI=1S/C24H17BrClN3O3S/c25-16-5-9-18(10-6-16)29-23(31)21(12-15-3-7-17(26)8-4-15)33-24(29)20(13-27)22(30)28-14-19-2-1-11-32-19/h1-11,21H,12,14H2,(H,28,30)/b24-20-/t21-/m0/s1. The molecule has 2 amide bonds. The van der Waals surface area contributed by atoms with Gasteiger partial charge in [-0.15, -0.1) is 0 Å². The summed E-state index contributed by atoms with van der Waals surface area (Å²) in [4.78, 5) is 27.8. The van der Waals surface area contributed by atoms with Crippen LogP contribution in [0.2, 0.25) is 5.02 Å².